The van der Waals surface area contributed by atoms with Gasteiger partial charge in [0.2, 0.25) is 0 Å². The number of hydrogen-bond donors (Lipinski definition) is 0. The predicted molar refractivity (Wildman–Crippen MR) is 134 cm³/mol. The van der Waals surface area contributed by atoms with E-state index < -0.39 is 5.97 Å². The summed E-state index contributed by atoms with van der Waals surface area (Å²) in [6.07, 6.45) is 5.26. The van der Waals surface area contributed by atoms with Crippen molar-refractivity contribution >= 4 is 49.8 Å². The van der Waals surface area contributed by atoms with E-state index in [1.807, 2.05) is 0 Å². The number of hydrogen-bond acceptors (Lipinski definition) is 6. The number of carbonyl (C=O) groups excluding carboxylic acids is 3. The van der Waals surface area contributed by atoms with Crippen LogP contribution in [-0.2, 0) is 9.59 Å². The van der Waals surface area contributed by atoms with Crippen molar-refractivity contribution < 1.29 is 28.6 Å². The highest BCUT2D eigenvalue weighted by molar-refractivity contribution is 9.10. The molecular formula is C25H28Br2O6. The smallest absolute Gasteiger partial charge is 0.343 e. The summed E-state index contributed by atoms with van der Waals surface area (Å²) in [7, 11) is 0. The van der Waals surface area contributed by atoms with Crippen LogP contribution >= 0.6 is 31.9 Å². The summed E-state index contributed by atoms with van der Waals surface area (Å²) in [5, 5.41) is 0. The number of carbonyl (C=O) groups is 3. The van der Waals surface area contributed by atoms with E-state index in [1.165, 1.54) is 12.1 Å². The van der Waals surface area contributed by atoms with Crippen LogP contribution in [0.1, 0.15) is 62.7 Å². The number of unbranched alkanes of at least 4 members (excludes halogenated alkanes) is 2. The third kappa shape index (κ3) is 9.29. The molecule has 8 heteroatoms. The van der Waals surface area contributed by atoms with Crippen LogP contribution in [0.3, 0.4) is 0 Å². The van der Waals surface area contributed by atoms with Gasteiger partial charge in [-0.05, 0) is 61.4 Å². The summed E-state index contributed by atoms with van der Waals surface area (Å²) in [6, 6.07) is 12.4. The Morgan fingerprint density at radius 2 is 1.03 bits per heavy atom. The summed E-state index contributed by atoms with van der Waals surface area (Å²) in [5.41, 5.74) is 0.310. The van der Waals surface area contributed by atoms with Crippen LogP contribution in [0, 0.1) is 0 Å². The van der Waals surface area contributed by atoms with Crippen LogP contribution in [-0.4, -0.2) is 27.6 Å². The monoisotopic (exact) mass is 582 g/mol. The topological polar surface area (TPSA) is 78.9 Å². The molecule has 0 aliphatic heterocycles. The molecule has 0 aromatic heterocycles. The van der Waals surface area contributed by atoms with Crippen LogP contribution in [0.4, 0.5) is 0 Å². The van der Waals surface area contributed by atoms with Crippen molar-refractivity contribution in [3.05, 3.63) is 54.1 Å². The lowest BCUT2D eigenvalue weighted by atomic mass is 10.2. The minimum absolute atomic E-state index is 0.310. The third-order valence-corrected chi connectivity index (χ3v) is 6.36. The van der Waals surface area contributed by atoms with Crippen LogP contribution in [0.5, 0.6) is 17.2 Å². The van der Waals surface area contributed by atoms with E-state index in [1.54, 1.807) is 36.4 Å². The van der Waals surface area contributed by atoms with E-state index in [0.717, 1.165) is 25.7 Å². The van der Waals surface area contributed by atoms with E-state index in [0.29, 0.717) is 35.7 Å². The Morgan fingerprint density at radius 3 is 1.42 bits per heavy atom. The van der Waals surface area contributed by atoms with E-state index in [2.05, 4.69) is 45.7 Å². The highest BCUT2D eigenvalue weighted by Gasteiger charge is 2.18. The fourth-order valence-electron chi connectivity index (χ4n) is 2.76. The molecule has 0 spiro atoms. The zero-order chi connectivity index (χ0) is 24.2. The molecule has 0 bridgehead atoms. The van der Waals surface area contributed by atoms with Crippen LogP contribution in [0.15, 0.2) is 48.5 Å². The highest BCUT2D eigenvalue weighted by Crippen LogP contribution is 2.22. The number of alkyl halides is 2. The minimum Gasteiger partial charge on any atom is -0.426 e. The molecule has 0 N–H and O–H groups in total. The maximum Gasteiger partial charge on any atom is 0.343 e. The fraction of sp³-hybridized carbons (Fsp3) is 0.400. The molecule has 2 rings (SSSR count). The Kier molecular flexibility index (Phi) is 11.6. The average Bonchev–Trinajstić information content (AvgIpc) is 2.82. The van der Waals surface area contributed by atoms with Gasteiger partial charge >= 0.3 is 17.9 Å². The molecule has 0 fully saturated rings. The molecule has 178 valence electrons. The molecule has 33 heavy (non-hydrogen) atoms. The Morgan fingerprint density at radius 1 is 0.667 bits per heavy atom. The van der Waals surface area contributed by atoms with Gasteiger partial charge in [-0.2, -0.15) is 0 Å². The Labute approximate surface area is 211 Å². The quantitative estimate of drug-likeness (QED) is 0.159. The van der Waals surface area contributed by atoms with Gasteiger partial charge in [-0.3, -0.25) is 9.59 Å². The van der Waals surface area contributed by atoms with Gasteiger partial charge in [0.05, 0.1) is 5.56 Å². The molecule has 6 nitrogen and oxygen atoms in total. The number of ether oxygens (including phenoxy) is 3. The standard InChI is InChI=1S/C25H28Br2O6/c1-3-5-7-21(26)24(29)32-18-11-9-17(10-12-18)23(28)31-19-13-15-20(16-14-19)33-25(30)22(27)8-6-4-2/h9-16,21-22H,3-8H2,1-2H3. The first kappa shape index (κ1) is 27.1. The summed E-state index contributed by atoms with van der Waals surface area (Å²) < 4.78 is 16.0. The predicted octanol–water partition coefficient (Wildman–Crippen LogP) is 6.62. The average molecular weight is 584 g/mol. The van der Waals surface area contributed by atoms with Crippen LogP contribution in [0.25, 0.3) is 0 Å². The van der Waals surface area contributed by atoms with Gasteiger partial charge in [-0.25, -0.2) is 4.79 Å². The van der Waals surface area contributed by atoms with Crippen molar-refractivity contribution in [2.45, 2.75) is 62.0 Å². The maximum absolute atomic E-state index is 12.4. The van der Waals surface area contributed by atoms with Crippen molar-refractivity contribution in [3.63, 3.8) is 0 Å². The lowest BCUT2D eigenvalue weighted by molar-refractivity contribution is -0.134. The number of rotatable bonds is 12. The summed E-state index contributed by atoms with van der Waals surface area (Å²) in [4.78, 5) is 35.8. The molecule has 0 aliphatic carbocycles. The third-order valence-electron chi connectivity index (χ3n) is 4.69. The molecule has 0 radical (unpaired) electrons. The largest absolute Gasteiger partial charge is 0.426 e. The lowest BCUT2D eigenvalue weighted by Crippen LogP contribution is -2.20. The molecule has 0 aliphatic rings. The van der Waals surface area contributed by atoms with Gasteiger partial charge in [-0.15, -0.1) is 0 Å². The molecular weight excluding hydrogens is 556 g/mol. The Bertz CT molecular complexity index is 911. The van der Waals surface area contributed by atoms with Crippen molar-refractivity contribution in [1.29, 1.82) is 0 Å². The molecule has 2 unspecified atom stereocenters. The minimum atomic E-state index is -0.556. The van der Waals surface area contributed by atoms with E-state index in [4.69, 9.17) is 14.2 Å². The van der Waals surface area contributed by atoms with Crippen LogP contribution in [0.2, 0.25) is 0 Å². The highest BCUT2D eigenvalue weighted by atomic mass is 79.9. The van der Waals surface area contributed by atoms with Crippen LogP contribution < -0.4 is 14.2 Å². The molecule has 0 saturated carbocycles. The van der Waals surface area contributed by atoms with Gasteiger partial charge in [-0.1, -0.05) is 71.4 Å². The zero-order valence-electron chi connectivity index (χ0n) is 18.7. The first-order valence-electron chi connectivity index (χ1n) is 11.0. The van der Waals surface area contributed by atoms with Gasteiger partial charge in [0, 0.05) is 0 Å². The fourth-order valence-corrected chi connectivity index (χ4v) is 3.60. The lowest BCUT2D eigenvalue weighted by Gasteiger charge is -2.10. The summed E-state index contributed by atoms with van der Waals surface area (Å²) in [6.45, 7) is 4.11. The molecule has 2 aromatic rings. The van der Waals surface area contributed by atoms with Crippen molar-refractivity contribution in [3.8, 4) is 17.2 Å². The molecule has 2 atom stereocenters. The van der Waals surface area contributed by atoms with Gasteiger partial charge in [0.25, 0.3) is 0 Å². The zero-order valence-corrected chi connectivity index (χ0v) is 21.9. The summed E-state index contributed by atoms with van der Waals surface area (Å²) >= 11 is 6.67. The van der Waals surface area contributed by atoms with E-state index >= 15 is 0 Å². The normalized spacial score (nSPS) is 12.5. The molecule has 0 heterocycles. The SMILES string of the molecule is CCCCC(Br)C(=O)Oc1ccc(OC(=O)c2ccc(OC(=O)C(Br)CCCC)cc2)cc1. The maximum atomic E-state index is 12.4. The van der Waals surface area contributed by atoms with Gasteiger partial charge < -0.3 is 14.2 Å². The Balaban J connectivity index is 1.88. The van der Waals surface area contributed by atoms with Gasteiger partial charge in [0.1, 0.15) is 26.9 Å². The molecule has 0 amide bonds. The second kappa shape index (κ2) is 14.2. The van der Waals surface area contributed by atoms with Crippen molar-refractivity contribution in [2.24, 2.45) is 0 Å². The molecule has 0 saturated heterocycles. The first-order valence-corrected chi connectivity index (χ1v) is 12.8. The van der Waals surface area contributed by atoms with E-state index in [9.17, 15) is 14.4 Å². The second-order valence-corrected chi connectivity index (χ2v) is 9.66. The number of benzene rings is 2. The number of halogens is 2. The first-order chi connectivity index (χ1) is 15.8. The Hall–Kier alpha value is -2.19. The van der Waals surface area contributed by atoms with E-state index in [-0.39, 0.29) is 21.6 Å². The number of esters is 3. The van der Waals surface area contributed by atoms with Crippen molar-refractivity contribution in [2.75, 3.05) is 0 Å². The summed E-state index contributed by atoms with van der Waals surface area (Å²) in [5.74, 6) is -0.237. The van der Waals surface area contributed by atoms with Gasteiger partial charge in [0.15, 0.2) is 0 Å². The van der Waals surface area contributed by atoms with Crippen molar-refractivity contribution in [1.82, 2.24) is 0 Å². The second-order valence-electron chi connectivity index (χ2n) is 7.45. The molecule has 2 aromatic carbocycles.